The highest BCUT2D eigenvalue weighted by Crippen LogP contribution is 2.22. The first-order valence-corrected chi connectivity index (χ1v) is 9.34. The Hall–Kier alpha value is -3.18. The van der Waals surface area contributed by atoms with E-state index in [0.29, 0.717) is 28.3 Å². The minimum absolute atomic E-state index is 0.208. The fraction of sp³-hybridized carbons (Fsp3) is 0.136. The summed E-state index contributed by atoms with van der Waals surface area (Å²) < 4.78 is 1.84. The number of amides is 1. The number of carbonyl (C=O) groups excluding carboxylic acids is 1. The van der Waals surface area contributed by atoms with E-state index in [-0.39, 0.29) is 5.91 Å². The van der Waals surface area contributed by atoms with E-state index in [1.165, 1.54) is 5.56 Å². The monoisotopic (exact) mass is 390 g/mol. The molecule has 3 aromatic carbocycles. The zero-order chi connectivity index (χ0) is 19.7. The van der Waals surface area contributed by atoms with E-state index in [0.717, 1.165) is 16.6 Å². The summed E-state index contributed by atoms with van der Waals surface area (Å²) >= 11 is 6.03. The van der Waals surface area contributed by atoms with Crippen molar-refractivity contribution in [1.29, 1.82) is 0 Å². The molecule has 5 nitrogen and oxygen atoms in total. The van der Waals surface area contributed by atoms with Crippen molar-refractivity contribution in [3.8, 4) is 0 Å². The number of nitrogens with one attached hydrogen (secondary N) is 1. The third-order valence-electron chi connectivity index (χ3n) is 4.68. The summed E-state index contributed by atoms with van der Waals surface area (Å²) in [5.74, 6) is -0.208. The van der Waals surface area contributed by atoms with Gasteiger partial charge in [0.05, 0.1) is 12.1 Å². The molecule has 0 fully saturated rings. The summed E-state index contributed by atoms with van der Waals surface area (Å²) in [7, 11) is 0. The summed E-state index contributed by atoms with van der Waals surface area (Å²) in [4.78, 5) is 12.6. The highest BCUT2D eigenvalue weighted by atomic mass is 35.5. The Kier molecular flexibility index (Phi) is 4.84. The molecule has 0 saturated heterocycles. The molecule has 28 heavy (non-hydrogen) atoms. The van der Waals surface area contributed by atoms with Crippen LogP contribution < -0.4 is 5.32 Å². The normalized spacial score (nSPS) is 11.0. The van der Waals surface area contributed by atoms with E-state index in [2.05, 4.69) is 46.8 Å². The lowest BCUT2D eigenvalue weighted by atomic mass is 10.1. The van der Waals surface area contributed by atoms with Gasteiger partial charge in [-0.2, -0.15) is 0 Å². The van der Waals surface area contributed by atoms with Crippen molar-refractivity contribution in [3.05, 3.63) is 87.9 Å². The SMILES string of the molecule is Cc1ccc(Cn2nnc3cc(C(=O)Nc4cc(Cl)ccc4C)ccc32)cc1. The molecule has 0 spiro atoms. The molecule has 4 aromatic rings. The number of nitrogens with zero attached hydrogens (tertiary/aromatic N) is 3. The van der Waals surface area contributed by atoms with Crippen LogP contribution in [0.2, 0.25) is 5.02 Å². The number of anilines is 1. The summed E-state index contributed by atoms with van der Waals surface area (Å²) in [5, 5.41) is 12.0. The largest absolute Gasteiger partial charge is 0.322 e. The van der Waals surface area contributed by atoms with E-state index in [1.54, 1.807) is 24.3 Å². The van der Waals surface area contributed by atoms with Crippen molar-refractivity contribution < 1.29 is 4.79 Å². The Bertz CT molecular complexity index is 1170. The number of carbonyl (C=O) groups is 1. The fourth-order valence-electron chi connectivity index (χ4n) is 3.02. The van der Waals surface area contributed by atoms with Gasteiger partial charge in [0.2, 0.25) is 0 Å². The smallest absolute Gasteiger partial charge is 0.255 e. The highest BCUT2D eigenvalue weighted by molar-refractivity contribution is 6.31. The minimum atomic E-state index is -0.208. The first-order valence-electron chi connectivity index (χ1n) is 8.96. The van der Waals surface area contributed by atoms with Gasteiger partial charge in [-0.1, -0.05) is 52.7 Å². The van der Waals surface area contributed by atoms with E-state index in [9.17, 15) is 4.79 Å². The average Bonchev–Trinajstić information content (AvgIpc) is 3.08. The third kappa shape index (κ3) is 3.75. The maximum atomic E-state index is 12.6. The van der Waals surface area contributed by atoms with Gasteiger partial charge in [0.25, 0.3) is 5.91 Å². The maximum Gasteiger partial charge on any atom is 0.255 e. The number of benzene rings is 3. The van der Waals surface area contributed by atoms with Gasteiger partial charge in [-0.25, -0.2) is 4.68 Å². The number of rotatable bonds is 4. The Morgan fingerprint density at radius 2 is 1.82 bits per heavy atom. The summed E-state index contributed by atoms with van der Waals surface area (Å²) in [6.07, 6.45) is 0. The van der Waals surface area contributed by atoms with Crippen LogP contribution in [0.3, 0.4) is 0 Å². The molecule has 0 radical (unpaired) electrons. The average molecular weight is 391 g/mol. The summed E-state index contributed by atoms with van der Waals surface area (Å²) in [6, 6.07) is 19.1. The topological polar surface area (TPSA) is 59.8 Å². The van der Waals surface area contributed by atoms with Gasteiger partial charge in [-0.3, -0.25) is 4.79 Å². The van der Waals surface area contributed by atoms with Gasteiger partial charge in [-0.15, -0.1) is 5.10 Å². The molecule has 140 valence electrons. The summed E-state index contributed by atoms with van der Waals surface area (Å²) in [6.45, 7) is 4.61. The van der Waals surface area contributed by atoms with Crippen LogP contribution in [-0.4, -0.2) is 20.9 Å². The predicted molar refractivity (Wildman–Crippen MR) is 112 cm³/mol. The quantitative estimate of drug-likeness (QED) is 0.533. The Morgan fingerprint density at radius 3 is 2.61 bits per heavy atom. The molecule has 0 aliphatic rings. The molecule has 1 heterocycles. The van der Waals surface area contributed by atoms with Crippen LogP contribution in [0.5, 0.6) is 0 Å². The number of hydrogen-bond acceptors (Lipinski definition) is 3. The lowest BCUT2D eigenvalue weighted by molar-refractivity contribution is 0.102. The Balaban J connectivity index is 1.57. The van der Waals surface area contributed by atoms with Gasteiger partial charge in [0, 0.05) is 16.3 Å². The van der Waals surface area contributed by atoms with E-state index >= 15 is 0 Å². The second-order valence-electron chi connectivity index (χ2n) is 6.85. The fourth-order valence-corrected chi connectivity index (χ4v) is 3.19. The Morgan fingerprint density at radius 1 is 1.04 bits per heavy atom. The van der Waals surface area contributed by atoms with Crippen LogP contribution in [0.15, 0.2) is 60.7 Å². The zero-order valence-corrected chi connectivity index (χ0v) is 16.4. The first-order chi connectivity index (χ1) is 13.5. The van der Waals surface area contributed by atoms with Gasteiger partial charge in [0.15, 0.2) is 0 Å². The van der Waals surface area contributed by atoms with E-state index in [4.69, 9.17) is 11.6 Å². The molecule has 0 saturated carbocycles. The van der Waals surface area contributed by atoms with E-state index < -0.39 is 0 Å². The van der Waals surface area contributed by atoms with Crippen molar-refractivity contribution in [2.45, 2.75) is 20.4 Å². The third-order valence-corrected chi connectivity index (χ3v) is 4.91. The van der Waals surface area contributed by atoms with Crippen LogP contribution in [0.4, 0.5) is 5.69 Å². The Labute approximate surface area is 167 Å². The zero-order valence-electron chi connectivity index (χ0n) is 15.6. The predicted octanol–water partition coefficient (Wildman–Crippen LogP) is 5.00. The van der Waals surface area contributed by atoms with Crippen LogP contribution in [0.25, 0.3) is 11.0 Å². The molecule has 1 N–H and O–H groups in total. The van der Waals surface area contributed by atoms with Crippen LogP contribution in [-0.2, 0) is 6.54 Å². The van der Waals surface area contributed by atoms with Gasteiger partial charge >= 0.3 is 0 Å². The number of aromatic nitrogens is 3. The molecule has 0 atom stereocenters. The van der Waals surface area contributed by atoms with Crippen molar-refractivity contribution in [3.63, 3.8) is 0 Å². The number of fused-ring (bicyclic) bond motifs is 1. The van der Waals surface area contributed by atoms with Crippen LogP contribution in [0.1, 0.15) is 27.0 Å². The van der Waals surface area contributed by atoms with Crippen LogP contribution >= 0.6 is 11.6 Å². The molecule has 0 aliphatic heterocycles. The summed E-state index contributed by atoms with van der Waals surface area (Å²) in [5.41, 5.74) is 6.10. The molecule has 0 aliphatic carbocycles. The van der Waals surface area contributed by atoms with Crippen molar-refractivity contribution in [2.75, 3.05) is 5.32 Å². The van der Waals surface area contributed by atoms with Crippen molar-refractivity contribution in [2.24, 2.45) is 0 Å². The highest BCUT2D eigenvalue weighted by Gasteiger charge is 2.12. The second kappa shape index (κ2) is 7.44. The molecular weight excluding hydrogens is 372 g/mol. The number of halogens is 1. The van der Waals surface area contributed by atoms with E-state index in [1.807, 2.05) is 23.7 Å². The maximum absolute atomic E-state index is 12.6. The molecule has 1 aromatic heterocycles. The lowest BCUT2D eigenvalue weighted by Gasteiger charge is -2.09. The number of aryl methyl sites for hydroxylation is 2. The molecule has 0 bridgehead atoms. The van der Waals surface area contributed by atoms with Gasteiger partial charge < -0.3 is 5.32 Å². The van der Waals surface area contributed by atoms with Crippen LogP contribution in [0, 0.1) is 13.8 Å². The first kappa shape index (κ1) is 18.2. The van der Waals surface area contributed by atoms with Crippen molar-refractivity contribution in [1.82, 2.24) is 15.0 Å². The lowest BCUT2D eigenvalue weighted by Crippen LogP contribution is -2.12. The standard InChI is InChI=1S/C22H19ClN4O/c1-14-3-6-16(7-4-14)13-27-21-10-8-17(11-20(21)25-26-27)22(28)24-19-12-18(23)9-5-15(19)2/h3-12H,13H2,1-2H3,(H,24,28). The molecule has 6 heteroatoms. The molecular formula is C22H19ClN4O. The van der Waals surface area contributed by atoms with Gasteiger partial charge in [0.1, 0.15) is 5.52 Å². The molecule has 0 unspecified atom stereocenters. The second-order valence-corrected chi connectivity index (χ2v) is 7.29. The minimum Gasteiger partial charge on any atom is -0.322 e. The van der Waals surface area contributed by atoms with Gasteiger partial charge in [-0.05, 0) is 55.3 Å². The number of hydrogen-bond donors (Lipinski definition) is 1. The van der Waals surface area contributed by atoms with Crippen molar-refractivity contribution >= 4 is 34.2 Å². The molecule has 4 rings (SSSR count). The molecule has 1 amide bonds.